The number of fused-ring (bicyclic) bond motifs is 1. The molecule has 0 spiro atoms. The summed E-state index contributed by atoms with van der Waals surface area (Å²) in [5.41, 5.74) is 2.59. The molecule has 0 unspecified atom stereocenters. The third-order valence-electron chi connectivity index (χ3n) is 4.83. The van der Waals surface area contributed by atoms with Crippen molar-refractivity contribution in [3.05, 3.63) is 73.5 Å². The van der Waals surface area contributed by atoms with Crippen LogP contribution >= 0.6 is 0 Å². The van der Waals surface area contributed by atoms with Gasteiger partial charge in [0.05, 0.1) is 6.20 Å². The summed E-state index contributed by atoms with van der Waals surface area (Å²) in [7, 11) is 0. The van der Waals surface area contributed by atoms with Crippen LogP contribution in [0.15, 0.2) is 72.4 Å². The van der Waals surface area contributed by atoms with Gasteiger partial charge in [-0.25, -0.2) is 15.0 Å². The van der Waals surface area contributed by atoms with Crippen LogP contribution in [0.3, 0.4) is 0 Å². The molecular formula is C22H19N5O2. The molecule has 29 heavy (non-hydrogen) atoms. The number of aromatic nitrogens is 3. The average Bonchev–Trinajstić information content (AvgIpc) is 3.25. The van der Waals surface area contributed by atoms with Crippen molar-refractivity contribution in [2.75, 3.05) is 18.4 Å². The predicted octanol–water partition coefficient (Wildman–Crippen LogP) is 3.72. The third kappa shape index (κ3) is 3.68. The highest BCUT2D eigenvalue weighted by molar-refractivity contribution is 5.89. The lowest BCUT2D eigenvalue weighted by Crippen LogP contribution is -2.50. The van der Waals surface area contributed by atoms with Gasteiger partial charge in [0.25, 0.3) is 0 Å². The van der Waals surface area contributed by atoms with E-state index >= 15 is 0 Å². The molecule has 1 saturated heterocycles. The van der Waals surface area contributed by atoms with Crippen molar-refractivity contribution in [1.29, 1.82) is 0 Å². The number of ether oxygens (including phenoxy) is 1. The van der Waals surface area contributed by atoms with Crippen molar-refractivity contribution in [3.8, 4) is 17.2 Å². The van der Waals surface area contributed by atoms with Crippen LogP contribution in [0.2, 0.25) is 0 Å². The first-order valence-corrected chi connectivity index (χ1v) is 9.33. The van der Waals surface area contributed by atoms with Crippen LogP contribution in [0.25, 0.3) is 27.8 Å². The lowest BCUT2D eigenvalue weighted by molar-refractivity contribution is 0.136. The van der Waals surface area contributed by atoms with E-state index in [0.717, 1.165) is 46.4 Å². The van der Waals surface area contributed by atoms with Gasteiger partial charge in [-0.2, -0.15) is 0 Å². The zero-order valence-corrected chi connectivity index (χ0v) is 15.6. The van der Waals surface area contributed by atoms with Crippen molar-refractivity contribution >= 4 is 22.3 Å². The van der Waals surface area contributed by atoms with Crippen molar-refractivity contribution in [2.45, 2.75) is 6.10 Å². The number of anilines is 1. The van der Waals surface area contributed by atoms with Gasteiger partial charge in [-0.05, 0) is 23.6 Å². The highest BCUT2D eigenvalue weighted by atomic mass is 16.5. The molecule has 5 rings (SSSR count). The van der Waals surface area contributed by atoms with Crippen LogP contribution in [0.1, 0.15) is 5.56 Å². The van der Waals surface area contributed by atoms with Crippen molar-refractivity contribution in [2.24, 2.45) is 0 Å². The molecule has 0 radical (unpaired) electrons. The summed E-state index contributed by atoms with van der Waals surface area (Å²) >= 11 is 0. The molecular weight excluding hydrogens is 366 g/mol. The molecule has 0 atom stereocenters. The Morgan fingerprint density at radius 1 is 1.10 bits per heavy atom. The first-order chi connectivity index (χ1) is 14.2. The van der Waals surface area contributed by atoms with Crippen molar-refractivity contribution < 1.29 is 9.15 Å². The standard InChI is InChI=1S/C22H19N5O2/c1-14(15-4-5-25-22(8-15)29-19-10-23-11-19)27-21-7-18-6-16(20-12-24-13-28-20)2-3-17(18)9-26-21/h2-9,12-13,19,23H,1,10-11H2,(H,26,27). The summed E-state index contributed by atoms with van der Waals surface area (Å²) in [6.45, 7) is 5.84. The summed E-state index contributed by atoms with van der Waals surface area (Å²) in [5.74, 6) is 2.04. The topological polar surface area (TPSA) is 85.1 Å². The van der Waals surface area contributed by atoms with Crippen LogP contribution in [0.4, 0.5) is 5.82 Å². The zero-order valence-electron chi connectivity index (χ0n) is 15.6. The van der Waals surface area contributed by atoms with Gasteiger partial charge in [-0.15, -0.1) is 0 Å². The van der Waals surface area contributed by atoms with Gasteiger partial charge >= 0.3 is 0 Å². The van der Waals surface area contributed by atoms with Crippen LogP contribution < -0.4 is 15.4 Å². The zero-order chi connectivity index (χ0) is 19.6. The summed E-state index contributed by atoms with van der Waals surface area (Å²) < 4.78 is 11.2. The smallest absolute Gasteiger partial charge is 0.214 e. The molecule has 4 aromatic rings. The Hall–Kier alpha value is -3.71. The Kier molecular flexibility index (Phi) is 4.42. The third-order valence-corrected chi connectivity index (χ3v) is 4.83. The minimum absolute atomic E-state index is 0.180. The van der Waals surface area contributed by atoms with E-state index in [2.05, 4.69) is 38.2 Å². The number of nitrogens with one attached hydrogen (secondary N) is 2. The number of pyridine rings is 2. The first kappa shape index (κ1) is 17.4. The lowest BCUT2D eigenvalue weighted by atomic mass is 10.1. The summed E-state index contributed by atoms with van der Waals surface area (Å²) in [6.07, 6.45) is 6.87. The SMILES string of the molecule is C=C(Nc1cc2cc(-c3cnco3)ccc2cn1)c1ccnc(OC2CNC2)c1. The minimum Gasteiger partial charge on any atom is -0.472 e. The molecule has 1 aliphatic rings. The van der Waals surface area contributed by atoms with E-state index in [1.807, 2.05) is 36.5 Å². The number of oxazole rings is 1. The molecule has 7 heteroatoms. The molecule has 1 aliphatic heterocycles. The predicted molar refractivity (Wildman–Crippen MR) is 111 cm³/mol. The van der Waals surface area contributed by atoms with Crippen molar-refractivity contribution in [3.63, 3.8) is 0 Å². The van der Waals surface area contributed by atoms with E-state index in [9.17, 15) is 0 Å². The first-order valence-electron chi connectivity index (χ1n) is 9.33. The van der Waals surface area contributed by atoms with Gasteiger partial charge in [0.15, 0.2) is 12.2 Å². The second-order valence-corrected chi connectivity index (χ2v) is 6.88. The Morgan fingerprint density at radius 3 is 2.83 bits per heavy atom. The summed E-state index contributed by atoms with van der Waals surface area (Å²) in [4.78, 5) is 12.8. The second-order valence-electron chi connectivity index (χ2n) is 6.88. The molecule has 2 N–H and O–H groups in total. The monoisotopic (exact) mass is 385 g/mol. The summed E-state index contributed by atoms with van der Waals surface area (Å²) in [6, 6.07) is 11.8. The Balaban J connectivity index is 1.36. The Bertz CT molecular complexity index is 1170. The van der Waals surface area contributed by atoms with Crippen molar-refractivity contribution in [1.82, 2.24) is 20.3 Å². The summed E-state index contributed by atoms with van der Waals surface area (Å²) in [5, 5.41) is 8.54. The maximum Gasteiger partial charge on any atom is 0.214 e. The fraction of sp³-hybridized carbons (Fsp3) is 0.136. The maximum atomic E-state index is 5.83. The van der Waals surface area contributed by atoms with Gasteiger partial charge in [0.2, 0.25) is 5.88 Å². The van der Waals surface area contributed by atoms with E-state index in [1.54, 1.807) is 12.4 Å². The number of rotatable bonds is 6. The molecule has 1 fully saturated rings. The molecule has 0 bridgehead atoms. The Labute approximate surface area is 167 Å². The molecule has 0 saturated carbocycles. The van der Waals surface area contributed by atoms with E-state index in [1.165, 1.54) is 6.39 Å². The van der Waals surface area contributed by atoms with E-state index in [-0.39, 0.29) is 6.10 Å². The van der Waals surface area contributed by atoms with Crippen LogP contribution in [-0.2, 0) is 0 Å². The average molecular weight is 385 g/mol. The molecule has 1 aromatic carbocycles. The largest absolute Gasteiger partial charge is 0.472 e. The van der Waals surface area contributed by atoms with Gasteiger partial charge in [-0.3, -0.25) is 0 Å². The van der Waals surface area contributed by atoms with Crippen LogP contribution in [0.5, 0.6) is 5.88 Å². The van der Waals surface area contributed by atoms with Gasteiger partial charge in [0.1, 0.15) is 11.9 Å². The number of hydrogen-bond donors (Lipinski definition) is 2. The van der Waals surface area contributed by atoms with E-state index in [4.69, 9.17) is 9.15 Å². The molecule has 4 heterocycles. The molecule has 3 aromatic heterocycles. The van der Waals surface area contributed by atoms with E-state index in [0.29, 0.717) is 11.7 Å². The van der Waals surface area contributed by atoms with Gasteiger partial charge in [-0.1, -0.05) is 18.7 Å². The lowest BCUT2D eigenvalue weighted by Gasteiger charge is -2.27. The quantitative estimate of drug-likeness (QED) is 0.523. The fourth-order valence-electron chi connectivity index (χ4n) is 3.13. The molecule has 0 aliphatic carbocycles. The molecule has 144 valence electrons. The van der Waals surface area contributed by atoms with Gasteiger partial charge < -0.3 is 19.8 Å². The second kappa shape index (κ2) is 7.37. The number of hydrogen-bond acceptors (Lipinski definition) is 7. The molecule has 0 amide bonds. The normalized spacial score (nSPS) is 13.8. The minimum atomic E-state index is 0.180. The van der Waals surface area contributed by atoms with Crippen LogP contribution in [0, 0.1) is 0 Å². The number of benzene rings is 1. The fourth-order valence-corrected chi connectivity index (χ4v) is 3.13. The van der Waals surface area contributed by atoms with E-state index < -0.39 is 0 Å². The highest BCUT2D eigenvalue weighted by Gasteiger charge is 2.19. The van der Waals surface area contributed by atoms with Crippen LogP contribution in [-0.4, -0.2) is 34.1 Å². The number of nitrogens with zero attached hydrogens (tertiary/aromatic N) is 3. The Morgan fingerprint density at radius 2 is 2.03 bits per heavy atom. The maximum absolute atomic E-state index is 5.83. The molecule has 7 nitrogen and oxygen atoms in total. The van der Waals surface area contributed by atoms with Gasteiger partial charge in [0, 0.05) is 53.8 Å². The highest BCUT2D eigenvalue weighted by Crippen LogP contribution is 2.26.